The second-order valence-corrected chi connectivity index (χ2v) is 7.03. The number of hydrogen-bond donors (Lipinski definition) is 0. The summed E-state index contributed by atoms with van der Waals surface area (Å²) in [5.41, 5.74) is -0.478. The van der Waals surface area contributed by atoms with Gasteiger partial charge in [-0.05, 0) is 39.0 Å². The van der Waals surface area contributed by atoms with Gasteiger partial charge in [-0.15, -0.1) is 0 Å². The van der Waals surface area contributed by atoms with Crippen molar-refractivity contribution < 1.29 is 17.9 Å². The fourth-order valence-corrected chi connectivity index (χ4v) is 1.91. The average Bonchev–Trinajstić information content (AvgIpc) is 2.14. The molecule has 4 nitrogen and oxygen atoms in total. The molecule has 0 saturated heterocycles. The van der Waals surface area contributed by atoms with Gasteiger partial charge in [-0.3, -0.25) is 0 Å². The highest BCUT2D eigenvalue weighted by Gasteiger charge is 2.19. The van der Waals surface area contributed by atoms with E-state index in [9.17, 15) is 13.2 Å². The van der Waals surface area contributed by atoms with Crippen LogP contribution in [0, 0.1) is 0 Å². The van der Waals surface area contributed by atoms with E-state index in [4.69, 9.17) is 15.4 Å². The van der Waals surface area contributed by atoms with Gasteiger partial charge in [0.2, 0.25) is 0 Å². The van der Waals surface area contributed by atoms with Gasteiger partial charge >= 0.3 is 5.97 Å². The molecule has 0 radical (unpaired) electrons. The van der Waals surface area contributed by atoms with Gasteiger partial charge in [0, 0.05) is 10.7 Å². The zero-order chi connectivity index (χ0) is 13.3. The Balaban J connectivity index is 3.05. The van der Waals surface area contributed by atoms with E-state index in [1.807, 2.05) is 0 Å². The molecule has 6 heteroatoms. The molecule has 94 valence electrons. The normalized spacial score (nSPS) is 12.2. The van der Waals surface area contributed by atoms with E-state index in [0.29, 0.717) is 0 Å². The molecule has 0 atom stereocenters. The van der Waals surface area contributed by atoms with E-state index in [1.165, 1.54) is 24.3 Å². The number of ether oxygens (including phenoxy) is 1. The molecule has 0 aliphatic rings. The Morgan fingerprint density at radius 2 is 1.88 bits per heavy atom. The summed E-state index contributed by atoms with van der Waals surface area (Å²) in [6.45, 7) is 5.19. The maximum atomic E-state index is 11.7. The van der Waals surface area contributed by atoms with Crippen molar-refractivity contribution in [2.45, 2.75) is 31.3 Å². The van der Waals surface area contributed by atoms with E-state index in [2.05, 4.69) is 0 Å². The summed E-state index contributed by atoms with van der Waals surface area (Å²) in [6.07, 6.45) is 0. The number of rotatable bonds is 2. The molecule has 1 aromatic rings. The van der Waals surface area contributed by atoms with Crippen molar-refractivity contribution in [3.8, 4) is 0 Å². The van der Waals surface area contributed by atoms with E-state index in [1.54, 1.807) is 20.8 Å². The lowest BCUT2D eigenvalue weighted by atomic mass is 10.2. The van der Waals surface area contributed by atoms with Crippen molar-refractivity contribution in [3.05, 3.63) is 29.8 Å². The molecule has 0 aromatic heterocycles. The summed E-state index contributed by atoms with van der Waals surface area (Å²) < 4.78 is 27.3. The molecule has 0 unspecified atom stereocenters. The van der Waals surface area contributed by atoms with Crippen LogP contribution in [0.25, 0.3) is 0 Å². The lowest BCUT2D eigenvalue weighted by Crippen LogP contribution is -2.23. The smallest absolute Gasteiger partial charge is 0.338 e. The second kappa shape index (κ2) is 4.66. The van der Waals surface area contributed by atoms with Crippen molar-refractivity contribution in [2.75, 3.05) is 0 Å². The Kier molecular flexibility index (Phi) is 3.84. The lowest BCUT2D eigenvalue weighted by Gasteiger charge is -2.19. The minimum atomic E-state index is -3.84. The third-order valence-electron chi connectivity index (χ3n) is 1.75. The first-order valence-electron chi connectivity index (χ1n) is 4.88. The zero-order valence-corrected chi connectivity index (χ0v) is 11.3. The SMILES string of the molecule is CC(C)(C)OC(=O)c1cccc(S(=O)(=O)Cl)c1. The van der Waals surface area contributed by atoms with Crippen LogP contribution in [0.1, 0.15) is 31.1 Å². The number of carbonyl (C=O) groups is 1. The number of benzene rings is 1. The number of halogens is 1. The van der Waals surface area contributed by atoms with E-state index in [-0.39, 0.29) is 10.5 Å². The summed E-state index contributed by atoms with van der Waals surface area (Å²) in [5, 5.41) is 0. The summed E-state index contributed by atoms with van der Waals surface area (Å²) in [6, 6.07) is 5.42. The minimum Gasteiger partial charge on any atom is -0.456 e. The van der Waals surface area contributed by atoms with Crippen molar-refractivity contribution in [1.29, 1.82) is 0 Å². The van der Waals surface area contributed by atoms with Gasteiger partial charge in [-0.2, -0.15) is 0 Å². The predicted molar refractivity (Wildman–Crippen MR) is 64.6 cm³/mol. The van der Waals surface area contributed by atoms with Gasteiger partial charge < -0.3 is 4.74 Å². The first-order chi connectivity index (χ1) is 7.59. The molecule has 1 rings (SSSR count). The largest absolute Gasteiger partial charge is 0.456 e. The van der Waals surface area contributed by atoms with Crippen LogP contribution in [0.3, 0.4) is 0 Å². The highest BCUT2D eigenvalue weighted by Crippen LogP contribution is 2.18. The fourth-order valence-electron chi connectivity index (χ4n) is 1.11. The van der Waals surface area contributed by atoms with Gasteiger partial charge in [-0.25, -0.2) is 13.2 Å². The first kappa shape index (κ1) is 14.0. The van der Waals surface area contributed by atoms with Crippen molar-refractivity contribution >= 4 is 25.7 Å². The van der Waals surface area contributed by atoms with Crippen LogP contribution in [-0.2, 0) is 13.8 Å². The van der Waals surface area contributed by atoms with Gasteiger partial charge in [-0.1, -0.05) is 6.07 Å². The average molecular weight is 277 g/mol. The third kappa shape index (κ3) is 4.36. The maximum absolute atomic E-state index is 11.7. The van der Waals surface area contributed by atoms with Crippen LogP contribution in [0.15, 0.2) is 29.2 Å². The first-order valence-corrected chi connectivity index (χ1v) is 7.18. The molecule has 0 fully saturated rings. The van der Waals surface area contributed by atoms with E-state index < -0.39 is 20.6 Å². The predicted octanol–water partition coefficient (Wildman–Crippen LogP) is 2.57. The molecular weight excluding hydrogens is 264 g/mol. The Morgan fingerprint density at radius 1 is 1.29 bits per heavy atom. The molecule has 0 bridgehead atoms. The highest BCUT2D eigenvalue weighted by atomic mass is 35.7. The quantitative estimate of drug-likeness (QED) is 0.615. The summed E-state index contributed by atoms with van der Waals surface area (Å²) in [4.78, 5) is 11.6. The number of hydrogen-bond acceptors (Lipinski definition) is 4. The number of esters is 1. The summed E-state index contributed by atoms with van der Waals surface area (Å²) >= 11 is 0. The standard InChI is InChI=1S/C11H13ClO4S/c1-11(2,3)16-10(13)8-5-4-6-9(7-8)17(12,14)15/h4-7H,1-3H3. The Bertz CT molecular complexity index is 529. The Morgan fingerprint density at radius 3 is 2.35 bits per heavy atom. The molecule has 0 spiro atoms. The van der Waals surface area contributed by atoms with Gasteiger partial charge in [0.15, 0.2) is 0 Å². The second-order valence-electron chi connectivity index (χ2n) is 4.47. The molecule has 0 saturated carbocycles. The summed E-state index contributed by atoms with van der Waals surface area (Å²) in [5.74, 6) is -0.584. The van der Waals surface area contributed by atoms with E-state index in [0.717, 1.165) is 0 Å². The van der Waals surface area contributed by atoms with Crippen LogP contribution >= 0.6 is 10.7 Å². The Hall–Kier alpha value is -1.07. The van der Waals surface area contributed by atoms with Crippen molar-refractivity contribution in [2.24, 2.45) is 0 Å². The van der Waals surface area contributed by atoms with Crippen LogP contribution < -0.4 is 0 Å². The monoisotopic (exact) mass is 276 g/mol. The molecule has 1 aromatic carbocycles. The Labute approximate surface area is 105 Å². The topological polar surface area (TPSA) is 60.4 Å². The van der Waals surface area contributed by atoms with Crippen LogP contribution in [0.2, 0.25) is 0 Å². The van der Waals surface area contributed by atoms with Gasteiger partial charge in [0.25, 0.3) is 9.05 Å². The van der Waals surface area contributed by atoms with Gasteiger partial charge in [0.1, 0.15) is 5.60 Å². The molecule has 0 aliphatic heterocycles. The van der Waals surface area contributed by atoms with Crippen LogP contribution in [0.4, 0.5) is 0 Å². The number of carbonyl (C=O) groups excluding carboxylic acids is 1. The zero-order valence-electron chi connectivity index (χ0n) is 9.73. The molecule has 0 heterocycles. The van der Waals surface area contributed by atoms with Crippen LogP contribution in [-0.4, -0.2) is 20.0 Å². The van der Waals surface area contributed by atoms with Crippen molar-refractivity contribution in [1.82, 2.24) is 0 Å². The minimum absolute atomic E-state index is 0.123. The maximum Gasteiger partial charge on any atom is 0.338 e. The lowest BCUT2D eigenvalue weighted by molar-refractivity contribution is 0.00693. The fraction of sp³-hybridized carbons (Fsp3) is 0.364. The van der Waals surface area contributed by atoms with Crippen molar-refractivity contribution in [3.63, 3.8) is 0 Å². The molecule has 0 N–H and O–H groups in total. The highest BCUT2D eigenvalue weighted by molar-refractivity contribution is 8.13. The molecule has 0 aliphatic carbocycles. The summed E-state index contributed by atoms with van der Waals surface area (Å²) in [7, 11) is 1.35. The van der Waals surface area contributed by atoms with Crippen LogP contribution in [0.5, 0.6) is 0 Å². The van der Waals surface area contributed by atoms with E-state index >= 15 is 0 Å². The third-order valence-corrected chi connectivity index (χ3v) is 3.10. The van der Waals surface area contributed by atoms with Gasteiger partial charge in [0.05, 0.1) is 10.5 Å². The molecule has 0 amide bonds. The molecule has 17 heavy (non-hydrogen) atoms. The molecular formula is C11H13ClO4S.